The number of hydrogen-bond acceptors (Lipinski definition) is 4. The molecule has 2 unspecified atom stereocenters. The number of carboxylic acid groups (broad SMARTS) is 1. The van der Waals surface area contributed by atoms with E-state index in [-0.39, 0.29) is 18.4 Å². The molecule has 1 aliphatic heterocycles. The highest BCUT2D eigenvalue weighted by Gasteiger charge is 2.42. The minimum Gasteiger partial charge on any atom is -0.481 e. The normalized spacial score (nSPS) is 23.2. The summed E-state index contributed by atoms with van der Waals surface area (Å²) in [6.07, 6.45) is 2.82. The van der Waals surface area contributed by atoms with E-state index in [2.05, 4.69) is 11.4 Å². The Kier molecular flexibility index (Phi) is 3.52. The van der Waals surface area contributed by atoms with Gasteiger partial charge in [-0.25, -0.2) is 0 Å². The molecule has 6 heteroatoms. The van der Waals surface area contributed by atoms with Gasteiger partial charge in [-0.2, -0.15) is 0 Å². The van der Waals surface area contributed by atoms with E-state index in [1.807, 2.05) is 4.90 Å². The number of amides is 1. The van der Waals surface area contributed by atoms with E-state index in [1.165, 1.54) is 10.4 Å². The molecule has 20 heavy (non-hydrogen) atoms. The van der Waals surface area contributed by atoms with Crippen molar-refractivity contribution in [2.45, 2.75) is 37.8 Å². The number of nitrogens with two attached hydrogens (primary N) is 1. The number of thiophene rings is 1. The van der Waals surface area contributed by atoms with Gasteiger partial charge in [0.2, 0.25) is 5.91 Å². The second kappa shape index (κ2) is 5.18. The maximum absolute atomic E-state index is 12.4. The Hall–Kier alpha value is -1.40. The first-order chi connectivity index (χ1) is 9.58. The van der Waals surface area contributed by atoms with Crippen LogP contribution in [0.15, 0.2) is 11.4 Å². The average molecular weight is 294 g/mol. The van der Waals surface area contributed by atoms with E-state index in [0.29, 0.717) is 12.5 Å². The van der Waals surface area contributed by atoms with Crippen molar-refractivity contribution >= 4 is 23.2 Å². The first-order valence-corrected chi connectivity index (χ1v) is 7.80. The zero-order valence-electron chi connectivity index (χ0n) is 11.1. The van der Waals surface area contributed by atoms with Gasteiger partial charge in [0.25, 0.3) is 0 Å². The third-order valence-corrected chi connectivity index (χ3v) is 5.07. The molecular weight excluding hydrogens is 276 g/mol. The largest absolute Gasteiger partial charge is 0.481 e. The zero-order chi connectivity index (χ0) is 14.3. The maximum atomic E-state index is 12.4. The number of carbonyl (C=O) groups is 2. The predicted molar refractivity (Wildman–Crippen MR) is 75.4 cm³/mol. The Morgan fingerprint density at radius 1 is 1.50 bits per heavy atom. The molecule has 0 spiro atoms. The van der Waals surface area contributed by atoms with E-state index in [0.717, 1.165) is 19.3 Å². The lowest BCUT2D eigenvalue weighted by atomic mass is 9.95. The number of hydrogen-bond donors (Lipinski definition) is 2. The van der Waals surface area contributed by atoms with Crippen LogP contribution in [0.2, 0.25) is 0 Å². The Labute approximate surface area is 121 Å². The molecule has 0 aromatic carbocycles. The van der Waals surface area contributed by atoms with Crippen LogP contribution in [0.25, 0.3) is 0 Å². The third kappa shape index (κ3) is 2.45. The lowest BCUT2D eigenvalue weighted by Crippen LogP contribution is -2.49. The summed E-state index contributed by atoms with van der Waals surface area (Å²) < 4.78 is 0. The van der Waals surface area contributed by atoms with E-state index in [4.69, 9.17) is 10.8 Å². The number of nitrogens with zero attached hydrogens (tertiary/aromatic N) is 1. The van der Waals surface area contributed by atoms with Gasteiger partial charge in [-0.1, -0.05) is 0 Å². The van der Waals surface area contributed by atoms with Gasteiger partial charge in [-0.05, 0) is 42.2 Å². The molecule has 1 aromatic heterocycles. The van der Waals surface area contributed by atoms with Crippen LogP contribution in [0, 0.1) is 5.92 Å². The molecule has 3 N–H and O–H groups in total. The molecule has 1 aliphatic carbocycles. The fourth-order valence-electron chi connectivity index (χ4n) is 3.00. The average Bonchev–Trinajstić information content (AvgIpc) is 3.12. The molecule has 1 saturated carbocycles. The fraction of sp³-hybridized carbons (Fsp3) is 0.571. The van der Waals surface area contributed by atoms with Gasteiger partial charge < -0.3 is 15.7 Å². The molecule has 1 fully saturated rings. The van der Waals surface area contributed by atoms with Gasteiger partial charge >= 0.3 is 5.97 Å². The second-order valence-corrected chi connectivity index (χ2v) is 6.57. The van der Waals surface area contributed by atoms with Crippen LogP contribution in [0.1, 0.15) is 35.7 Å². The first kappa shape index (κ1) is 13.6. The van der Waals surface area contributed by atoms with Crippen LogP contribution in [-0.2, 0) is 16.0 Å². The third-order valence-electron chi connectivity index (χ3n) is 4.08. The molecule has 2 heterocycles. The smallest absolute Gasteiger partial charge is 0.305 e. The Morgan fingerprint density at radius 3 is 2.90 bits per heavy atom. The lowest BCUT2D eigenvalue weighted by molar-refractivity contribution is -0.143. The second-order valence-electron chi connectivity index (χ2n) is 5.57. The number of aliphatic carboxylic acids is 1. The topological polar surface area (TPSA) is 83.6 Å². The Balaban J connectivity index is 1.82. The highest BCUT2D eigenvalue weighted by Crippen LogP contribution is 2.48. The van der Waals surface area contributed by atoms with Crippen molar-refractivity contribution in [2.75, 3.05) is 6.54 Å². The van der Waals surface area contributed by atoms with Gasteiger partial charge in [0, 0.05) is 11.4 Å². The quantitative estimate of drug-likeness (QED) is 0.879. The standard InChI is InChI=1S/C14H18N2O3S/c15-10(7-12(17)18)14(19)16-5-3-11-9(4-6-20-11)13(16)8-1-2-8/h4,6,8,10,13H,1-3,5,7,15H2,(H,17,18). The summed E-state index contributed by atoms with van der Waals surface area (Å²) in [5.41, 5.74) is 7.01. The number of carboxylic acids is 1. The highest BCUT2D eigenvalue weighted by molar-refractivity contribution is 7.10. The Morgan fingerprint density at radius 2 is 2.25 bits per heavy atom. The van der Waals surface area contributed by atoms with E-state index >= 15 is 0 Å². The van der Waals surface area contributed by atoms with Gasteiger partial charge in [0.15, 0.2) is 0 Å². The van der Waals surface area contributed by atoms with Crippen LogP contribution >= 0.6 is 11.3 Å². The zero-order valence-corrected chi connectivity index (χ0v) is 11.9. The highest BCUT2D eigenvalue weighted by atomic mass is 32.1. The summed E-state index contributed by atoms with van der Waals surface area (Å²) >= 11 is 1.74. The van der Waals surface area contributed by atoms with Gasteiger partial charge in [-0.3, -0.25) is 9.59 Å². The Bertz CT molecular complexity index is 538. The van der Waals surface area contributed by atoms with E-state index in [9.17, 15) is 9.59 Å². The lowest BCUT2D eigenvalue weighted by Gasteiger charge is -2.37. The van der Waals surface area contributed by atoms with Gasteiger partial charge in [0.1, 0.15) is 0 Å². The summed E-state index contributed by atoms with van der Waals surface area (Å²) in [5.74, 6) is -0.729. The number of fused-ring (bicyclic) bond motifs is 1. The van der Waals surface area contributed by atoms with Crippen LogP contribution in [-0.4, -0.2) is 34.5 Å². The van der Waals surface area contributed by atoms with Gasteiger partial charge in [0.05, 0.1) is 18.5 Å². The summed E-state index contributed by atoms with van der Waals surface area (Å²) in [6, 6.07) is 1.27. The van der Waals surface area contributed by atoms with Crippen molar-refractivity contribution in [1.82, 2.24) is 4.90 Å². The minimum atomic E-state index is -1.03. The molecule has 108 valence electrons. The predicted octanol–water partition coefficient (Wildman–Crippen LogP) is 1.39. The van der Waals surface area contributed by atoms with E-state index < -0.39 is 12.0 Å². The van der Waals surface area contributed by atoms with Crippen molar-refractivity contribution in [3.63, 3.8) is 0 Å². The molecule has 2 aliphatic rings. The summed E-state index contributed by atoms with van der Waals surface area (Å²) in [5, 5.41) is 10.9. The summed E-state index contributed by atoms with van der Waals surface area (Å²) in [7, 11) is 0. The van der Waals surface area contributed by atoms with Crippen molar-refractivity contribution < 1.29 is 14.7 Å². The van der Waals surface area contributed by atoms with Crippen LogP contribution in [0.5, 0.6) is 0 Å². The molecular formula is C14H18N2O3S. The number of rotatable bonds is 4. The molecule has 1 aromatic rings. The van der Waals surface area contributed by atoms with Crippen LogP contribution in [0.3, 0.4) is 0 Å². The maximum Gasteiger partial charge on any atom is 0.305 e. The molecule has 0 radical (unpaired) electrons. The van der Waals surface area contributed by atoms with Crippen molar-refractivity contribution in [1.29, 1.82) is 0 Å². The summed E-state index contributed by atoms with van der Waals surface area (Å²) in [4.78, 5) is 26.4. The fourth-order valence-corrected chi connectivity index (χ4v) is 3.92. The minimum absolute atomic E-state index is 0.109. The van der Waals surface area contributed by atoms with Crippen molar-refractivity contribution in [3.8, 4) is 0 Å². The molecule has 3 rings (SSSR count). The van der Waals surface area contributed by atoms with E-state index in [1.54, 1.807) is 11.3 Å². The molecule has 0 bridgehead atoms. The molecule has 1 amide bonds. The van der Waals surface area contributed by atoms with Crippen molar-refractivity contribution in [3.05, 3.63) is 21.9 Å². The summed E-state index contributed by atoms with van der Waals surface area (Å²) in [6.45, 7) is 0.654. The molecule has 2 atom stereocenters. The van der Waals surface area contributed by atoms with Gasteiger partial charge in [-0.15, -0.1) is 11.3 Å². The van der Waals surface area contributed by atoms with Crippen LogP contribution in [0.4, 0.5) is 0 Å². The SMILES string of the molecule is NC(CC(=O)O)C(=O)N1CCc2sccc2C1C1CC1. The first-order valence-electron chi connectivity index (χ1n) is 6.92. The molecule has 0 saturated heterocycles. The molecule has 5 nitrogen and oxygen atoms in total. The number of carbonyl (C=O) groups excluding carboxylic acids is 1. The monoisotopic (exact) mass is 294 g/mol. The van der Waals surface area contributed by atoms with Crippen molar-refractivity contribution in [2.24, 2.45) is 11.7 Å². The van der Waals surface area contributed by atoms with Crippen LogP contribution < -0.4 is 5.73 Å².